The summed E-state index contributed by atoms with van der Waals surface area (Å²) in [7, 11) is 1.41. The van der Waals surface area contributed by atoms with E-state index in [0.717, 1.165) is 11.1 Å². The maximum atomic E-state index is 14.0. The maximum Gasteiger partial charge on any atom is 0.251 e. The van der Waals surface area contributed by atoms with E-state index in [1.165, 1.54) is 19.2 Å². The highest BCUT2D eigenvalue weighted by Crippen LogP contribution is 2.26. The molecule has 0 fully saturated rings. The molecule has 0 aliphatic heterocycles. The number of aryl methyl sites for hydroxylation is 1. The molecule has 1 heterocycles. The van der Waals surface area contributed by atoms with Gasteiger partial charge in [0, 0.05) is 16.7 Å². The number of aromatic nitrogens is 2. The molecule has 0 radical (unpaired) electrons. The molecular weight excluding hydrogens is 409 g/mol. The van der Waals surface area contributed by atoms with E-state index < -0.39 is 5.82 Å². The number of hydrogen-bond donors (Lipinski definition) is 1. The standard InChI is InChI=1S/C25H22FN3O3/c1-15-6-4-5-7-20(15)25-29-28-24(32-25)18-10-8-17(9-11-18)23(30)27-16(2)19-12-13-22(31-3)21(26)14-19/h4-14,16H,1-3H3,(H,27,30). The molecule has 4 aromatic rings. The third kappa shape index (κ3) is 4.37. The third-order valence-corrected chi connectivity index (χ3v) is 5.22. The molecule has 1 unspecified atom stereocenters. The SMILES string of the molecule is COc1ccc(C(C)NC(=O)c2ccc(-c3nnc(-c4ccccc4C)o3)cc2)cc1F. The molecule has 1 aromatic heterocycles. The second-order valence-electron chi connectivity index (χ2n) is 7.39. The van der Waals surface area contributed by atoms with E-state index in [9.17, 15) is 9.18 Å². The summed E-state index contributed by atoms with van der Waals surface area (Å²) in [6, 6.07) is 18.9. The van der Waals surface area contributed by atoms with Gasteiger partial charge >= 0.3 is 0 Å². The summed E-state index contributed by atoms with van der Waals surface area (Å²) in [4.78, 5) is 12.6. The minimum Gasteiger partial charge on any atom is -0.494 e. The number of methoxy groups -OCH3 is 1. The summed E-state index contributed by atoms with van der Waals surface area (Å²) in [6.07, 6.45) is 0. The molecule has 1 amide bonds. The summed E-state index contributed by atoms with van der Waals surface area (Å²) in [6.45, 7) is 3.77. The number of halogens is 1. The van der Waals surface area contributed by atoms with Gasteiger partial charge in [0.25, 0.3) is 5.91 Å². The van der Waals surface area contributed by atoms with Gasteiger partial charge in [-0.25, -0.2) is 4.39 Å². The van der Waals surface area contributed by atoms with Gasteiger partial charge in [0.15, 0.2) is 11.6 Å². The lowest BCUT2D eigenvalue weighted by Crippen LogP contribution is -2.26. The van der Waals surface area contributed by atoms with Gasteiger partial charge in [-0.05, 0) is 67.4 Å². The highest BCUT2D eigenvalue weighted by molar-refractivity contribution is 5.94. The molecule has 0 aliphatic rings. The lowest BCUT2D eigenvalue weighted by atomic mass is 10.1. The Labute approximate surface area is 185 Å². The van der Waals surface area contributed by atoms with Crippen LogP contribution in [0, 0.1) is 12.7 Å². The molecule has 1 atom stereocenters. The molecule has 32 heavy (non-hydrogen) atoms. The van der Waals surface area contributed by atoms with Gasteiger partial charge in [0.1, 0.15) is 0 Å². The van der Waals surface area contributed by atoms with Crippen molar-refractivity contribution in [3.63, 3.8) is 0 Å². The summed E-state index contributed by atoms with van der Waals surface area (Å²) in [5.41, 5.74) is 3.74. The van der Waals surface area contributed by atoms with Crippen LogP contribution in [-0.4, -0.2) is 23.2 Å². The predicted octanol–water partition coefficient (Wildman–Crippen LogP) is 5.35. The Morgan fingerprint density at radius 3 is 2.44 bits per heavy atom. The Hall–Kier alpha value is -4.00. The Balaban J connectivity index is 1.46. The van der Waals surface area contributed by atoms with Crippen LogP contribution in [0.15, 0.2) is 71.1 Å². The first-order chi connectivity index (χ1) is 15.5. The monoisotopic (exact) mass is 431 g/mol. The first-order valence-electron chi connectivity index (χ1n) is 10.1. The van der Waals surface area contributed by atoms with Crippen molar-refractivity contribution in [3.8, 4) is 28.7 Å². The van der Waals surface area contributed by atoms with E-state index >= 15 is 0 Å². The van der Waals surface area contributed by atoms with Crippen LogP contribution in [0.2, 0.25) is 0 Å². The molecule has 7 heteroatoms. The van der Waals surface area contributed by atoms with Crippen molar-refractivity contribution in [3.05, 3.63) is 89.2 Å². The van der Waals surface area contributed by atoms with Gasteiger partial charge in [-0.1, -0.05) is 24.3 Å². The molecule has 0 saturated heterocycles. The topological polar surface area (TPSA) is 77.2 Å². The van der Waals surface area contributed by atoms with E-state index in [1.807, 2.05) is 31.2 Å². The molecule has 4 rings (SSSR count). The number of carbonyl (C=O) groups is 1. The van der Waals surface area contributed by atoms with Gasteiger partial charge in [-0.3, -0.25) is 4.79 Å². The average molecular weight is 431 g/mol. The fraction of sp³-hybridized carbons (Fsp3) is 0.160. The Morgan fingerprint density at radius 1 is 1.03 bits per heavy atom. The minimum absolute atomic E-state index is 0.162. The van der Waals surface area contributed by atoms with Crippen LogP contribution in [0.4, 0.5) is 4.39 Å². The smallest absolute Gasteiger partial charge is 0.251 e. The Kier molecular flexibility index (Phi) is 5.98. The van der Waals surface area contributed by atoms with Crippen molar-refractivity contribution in [2.45, 2.75) is 19.9 Å². The number of rotatable bonds is 6. The molecule has 0 bridgehead atoms. The number of nitrogens with zero attached hydrogens (tertiary/aromatic N) is 2. The zero-order valence-corrected chi connectivity index (χ0v) is 17.9. The Bertz CT molecular complexity index is 1250. The van der Waals surface area contributed by atoms with Crippen molar-refractivity contribution in [2.24, 2.45) is 0 Å². The van der Waals surface area contributed by atoms with Crippen LogP contribution >= 0.6 is 0 Å². The van der Waals surface area contributed by atoms with Gasteiger partial charge in [-0.2, -0.15) is 0 Å². The largest absolute Gasteiger partial charge is 0.494 e. The summed E-state index contributed by atoms with van der Waals surface area (Å²) in [5.74, 6) is 0.235. The van der Waals surface area contributed by atoms with E-state index in [1.54, 1.807) is 37.3 Å². The molecule has 1 N–H and O–H groups in total. The summed E-state index contributed by atoms with van der Waals surface area (Å²) in [5, 5.41) is 11.1. The van der Waals surface area contributed by atoms with Crippen molar-refractivity contribution in [1.82, 2.24) is 15.5 Å². The fourth-order valence-corrected chi connectivity index (χ4v) is 3.34. The number of nitrogens with one attached hydrogen (secondary N) is 1. The van der Waals surface area contributed by atoms with E-state index in [2.05, 4.69) is 15.5 Å². The third-order valence-electron chi connectivity index (χ3n) is 5.22. The molecule has 6 nitrogen and oxygen atoms in total. The van der Waals surface area contributed by atoms with E-state index in [4.69, 9.17) is 9.15 Å². The molecule has 0 spiro atoms. The highest BCUT2D eigenvalue weighted by atomic mass is 19.1. The first kappa shape index (κ1) is 21.2. The minimum atomic E-state index is -0.472. The van der Waals surface area contributed by atoms with Gasteiger partial charge in [0.2, 0.25) is 11.8 Å². The van der Waals surface area contributed by atoms with Crippen LogP contribution in [0.5, 0.6) is 5.75 Å². The summed E-state index contributed by atoms with van der Waals surface area (Å²) < 4.78 is 24.7. The zero-order valence-electron chi connectivity index (χ0n) is 17.9. The lowest BCUT2D eigenvalue weighted by Gasteiger charge is -2.15. The average Bonchev–Trinajstić information content (AvgIpc) is 3.29. The lowest BCUT2D eigenvalue weighted by molar-refractivity contribution is 0.0940. The molecular formula is C25H22FN3O3. The molecule has 3 aromatic carbocycles. The van der Waals surface area contributed by atoms with Crippen LogP contribution < -0.4 is 10.1 Å². The van der Waals surface area contributed by atoms with Crippen molar-refractivity contribution in [2.75, 3.05) is 7.11 Å². The second-order valence-corrected chi connectivity index (χ2v) is 7.39. The summed E-state index contributed by atoms with van der Waals surface area (Å²) >= 11 is 0. The normalized spacial score (nSPS) is 11.8. The van der Waals surface area contributed by atoms with Crippen LogP contribution in [-0.2, 0) is 0 Å². The van der Waals surface area contributed by atoms with Gasteiger partial charge in [-0.15, -0.1) is 10.2 Å². The predicted molar refractivity (Wildman–Crippen MR) is 119 cm³/mol. The molecule has 0 aliphatic carbocycles. The fourth-order valence-electron chi connectivity index (χ4n) is 3.34. The van der Waals surface area contributed by atoms with Gasteiger partial charge < -0.3 is 14.5 Å². The first-order valence-corrected chi connectivity index (χ1v) is 10.1. The number of ether oxygens (including phenoxy) is 1. The van der Waals surface area contributed by atoms with Crippen molar-refractivity contribution >= 4 is 5.91 Å². The van der Waals surface area contributed by atoms with Crippen LogP contribution in [0.1, 0.15) is 34.5 Å². The number of amides is 1. The molecule has 0 saturated carbocycles. The Morgan fingerprint density at radius 2 is 1.75 bits per heavy atom. The highest BCUT2D eigenvalue weighted by Gasteiger charge is 2.15. The number of hydrogen-bond acceptors (Lipinski definition) is 5. The van der Waals surface area contributed by atoms with Crippen molar-refractivity contribution < 1.29 is 18.3 Å². The second kappa shape index (κ2) is 9.01. The van der Waals surface area contributed by atoms with E-state index in [-0.39, 0.29) is 17.7 Å². The van der Waals surface area contributed by atoms with E-state index in [0.29, 0.717) is 28.5 Å². The van der Waals surface area contributed by atoms with Crippen molar-refractivity contribution in [1.29, 1.82) is 0 Å². The quantitative estimate of drug-likeness (QED) is 0.445. The van der Waals surface area contributed by atoms with Gasteiger partial charge in [0.05, 0.1) is 13.2 Å². The number of carbonyl (C=O) groups excluding carboxylic acids is 1. The van der Waals surface area contributed by atoms with Crippen LogP contribution in [0.3, 0.4) is 0 Å². The maximum absolute atomic E-state index is 14.0. The zero-order chi connectivity index (χ0) is 22.7. The molecule has 162 valence electrons. The van der Waals surface area contributed by atoms with Crippen LogP contribution in [0.25, 0.3) is 22.9 Å². The number of benzene rings is 3.